The summed E-state index contributed by atoms with van der Waals surface area (Å²) >= 11 is 0. The van der Waals surface area contributed by atoms with Crippen molar-refractivity contribution in [1.29, 1.82) is 0 Å². The smallest absolute Gasteiger partial charge is 0.123 e. The Morgan fingerprint density at radius 2 is 1.84 bits per heavy atom. The van der Waals surface area contributed by atoms with Crippen LogP contribution in [0.4, 0.5) is 10.1 Å². The fourth-order valence-corrected chi connectivity index (χ4v) is 2.44. The molecule has 1 saturated heterocycles. The van der Waals surface area contributed by atoms with Crippen LogP contribution in [0.5, 0.6) is 0 Å². The lowest BCUT2D eigenvalue weighted by molar-refractivity contribution is 0.168. The molecule has 0 aromatic heterocycles. The first kappa shape index (κ1) is 14.3. The van der Waals surface area contributed by atoms with Gasteiger partial charge in [-0.1, -0.05) is 13.8 Å². The van der Waals surface area contributed by atoms with Crippen LogP contribution in [0.1, 0.15) is 13.8 Å². The normalized spacial score (nSPS) is 17.4. The van der Waals surface area contributed by atoms with Crippen molar-refractivity contribution >= 4 is 5.69 Å². The first-order valence-corrected chi connectivity index (χ1v) is 6.98. The van der Waals surface area contributed by atoms with Gasteiger partial charge in [0.25, 0.3) is 0 Å². The van der Waals surface area contributed by atoms with E-state index in [1.807, 2.05) is 0 Å². The summed E-state index contributed by atoms with van der Waals surface area (Å²) in [6.45, 7) is 10.9. The predicted molar refractivity (Wildman–Crippen MR) is 78.0 cm³/mol. The van der Waals surface area contributed by atoms with E-state index >= 15 is 0 Å². The maximum absolute atomic E-state index is 12.8. The van der Waals surface area contributed by atoms with Crippen LogP contribution in [0.25, 0.3) is 0 Å². The van der Waals surface area contributed by atoms with Crippen LogP contribution in [0.15, 0.2) is 24.3 Å². The molecule has 0 radical (unpaired) electrons. The zero-order chi connectivity index (χ0) is 13.7. The standard InChI is InChI=1S/C15H24FN3/c1-15(2,12-19-9-7-17-8-10-19)11-18-14-5-3-13(16)4-6-14/h3-6,17-18H,7-12H2,1-2H3. The third kappa shape index (κ3) is 4.80. The number of piperazine rings is 1. The molecule has 1 fully saturated rings. The summed E-state index contributed by atoms with van der Waals surface area (Å²) in [6, 6.07) is 6.56. The van der Waals surface area contributed by atoms with Gasteiger partial charge in [0, 0.05) is 45.0 Å². The largest absolute Gasteiger partial charge is 0.384 e. The molecule has 0 atom stereocenters. The maximum atomic E-state index is 12.8. The van der Waals surface area contributed by atoms with Crippen molar-refractivity contribution in [3.63, 3.8) is 0 Å². The molecule has 0 bridgehead atoms. The second-order valence-corrected chi connectivity index (χ2v) is 6.05. The molecule has 1 aliphatic rings. The van der Waals surface area contributed by atoms with E-state index in [2.05, 4.69) is 29.4 Å². The lowest BCUT2D eigenvalue weighted by atomic mass is 9.92. The molecule has 2 N–H and O–H groups in total. The van der Waals surface area contributed by atoms with Crippen LogP contribution in [0.2, 0.25) is 0 Å². The number of rotatable bonds is 5. The Labute approximate surface area is 115 Å². The van der Waals surface area contributed by atoms with Crippen LogP contribution in [-0.2, 0) is 0 Å². The molecule has 0 saturated carbocycles. The summed E-state index contributed by atoms with van der Waals surface area (Å²) < 4.78 is 12.8. The number of hydrogen-bond acceptors (Lipinski definition) is 3. The fraction of sp³-hybridized carbons (Fsp3) is 0.600. The number of halogens is 1. The Bertz CT molecular complexity index is 383. The molecule has 1 aromatic rings. The Morgan fingerprint density at radius 3 is 2.47 bits per heavy atom. The average molecular weight is 265 g/mol. The van der Waals surface area contributed by atoms with Gasteiger partial charge in [-0.05, 0) is 29.7 Å². The van der Waals surface area contributed by atoms with Crippen molar-refractivity contribution in [1.82, 2.24) is 10.2 Å². The third-order valence-electron chi connectivity index (χ3n) is 3.48. The van der Waals surface area contributed by atoms with E-state index in [4.69, 9.17) is 0 Å². The Kier molecular flexibility index (Phi) is 4.77. The van der Waals surface area contributed by atoms with Crippen molar-refractivity contribution < 1.29 is 4.39 Å². The van der Waals surface area contributed by atoms with Gasteiger partial charge in [-0.25, -0.2) is 4.39 Å². The zero-order valence-electron chi connectivity index (χ0n) is 11.9. The minimum atomic E-state index is -0.189. The lowest BCUT2D eigenvalue weighted by Crippen LogP contribution is -2.48. The first-order valence-electron chi connectivity index (χ1n) is 6.98. The molecule has 3 nitrogen and oxygen atoms in total. The SMILES string of the molecule is CC(C)(CNc1ccc(F)cc1)CN1CCNCC1. The highest BCUT2D eigenvalue weighted by Crippen LogP contribution is 2.19. The monoisotopic (exact) mass is 265 g/mol. The molecular weight excluding hydrogens is 241 g/mol. The molecule has 2 rings (SSSR count). The molecule has 1 aromatic carbocycles. The molecule has 0 amide bonds. The summed E-state index contributed by atoms with van der Waals surface area (Å²) in [6.07, 6.45) is 0. The van der Waals surface area contributed by atoms with Crippen molar-refractivity contribution in [2.45, 2.75) is 13.8 Å². The van der Waals surface area contributed by atoms with E-state index in [1.54, 1.807) is 12.1 Å². The van der Waals surface area contributed by atoms with Crippen molar-refractivity contribution in [3.05, 3.63) is 30.1 Å². The molecular formula is C15H24FN3. The van der Waals surface area contributed by atoms with Crippen LogP contribution >= 0.6 is 0 Å². The van der Waals surface area contributed by atoms with Gasteiger partial charge < -0.3 is 15.5 Å². The second kappa shape index (κ2) is 6.35. The van der Waals surface area contributed by atoms with E-state index in [0.29, 0.717) is 0 Å². The van der Waals surface area contributed by atoms with Gasteiger partial charge >= 0.3 is 0 Å². The van der Waals surface area contributed by atoms with Crippen molar-refractivity contribution in [3.8, 4) is 0 Å². The van der Waals surface area contributed by atoms with Gasteiger partial charge in [-0.3, -0.25) is 0 Å². The molecule has 0 aliphatic carbocycles. The summed E-state index contributed by atoms with van der Waals surface area (Å²) in [5.74, 6) is -0.189. The first-order chi connectivity index (χ1) is 9.05. The summed E-state index contributed by atoms with van der Waals surface area (Å²) in [5.41, 5.74) is 1.18. The van der Waals surface area contributed by atoms with Gasteiger partial charge in [-0.2, -0.15) is 0 Å². The van der Waals surface area contributed by atoms with E-state index in [0.717, 1.165) is 45.0 Å². The Hall–Kier alpha value is -1.13. The summed E-state index contributed by atoms with van der Waals surface area (Å²) in [4.78, 5) is 2.50. The fourth-order valence-electron chi connectivity index (χ4n) is 2.44. The van der Waals surface area contributed by atoms with Gasteiger partial charge in [0.05, 0.1) is 0 Å². The maximum Gasteiger partial charge on any atom is 0.123 e. The number of nitrogens with one attached hydrogen (secondary N) is 2. The average Bonchev–Trinajstić information content (AvgIpc) is 2.39. The molecule has 19 heavy (non-hydrogen) atoms. The van der Waals surface area contributed by atoms with Gasteiger partial charge in [-0.15, -0.1) is 0 Å². The number of benzene rings is 1. The zero-order valence-corrected chi connectivity index (χ0v) is 11.9. The van der Waals surface area contributed by atoms with Crippen molar-refractivity contribution in [2.24, 2.45) is 5.41 Å². The highest BCUT2D eigenvalue weighted by atomic mass is 19.1. The minimum Gasteiger partial charge on any atom is -0.384 e. The highest BCUT2D eigenvalue weighted by molar-refractivity contribution is 5.42. The topological polar surface area (TPSA) is 27.3 Å². The highest BCUT2D eigenvalue weighted by Gasteiger charge is 2.22. The Balaban J connectivity index is 1.81. The van der Waals surface area contributed by atoms with Crippen LogP contribution in [0, 0.1) is 11.2 Å². The van der Waals surface area contributed by atoms with Gasteiger partial charge in [0.15, 0.2) is 0 Å². The minimum absolute atomic E-state index is 0.189. The molecule has 0 unspecified atom stereocenters. The Morgan fingerprint density at radius 1 is 1.21 bits per heavy atom. The third-order valence-corrected chi connectivity index (χ3v) is 3.48. The van der Waals surface area contributed by atoms with E-state index in [9.17, 15) is 4.39 Å². The lowest BCUT2D eigenvalue weighted by Gasteiger charge is -2.35. The molecule has 1 heterocycles. The quantitative estimate of drug-likeness (QED) is 0.854. The molecule has 106 valence electrons. The molecule has 0 spiro atoms. The van der Waals surface area contributed by atoms with Crippen molar-refractivity contribution in [2.75, 3.05) is 44.6 Å². The van der Waals surface area contributed by atoms with Crippen LogP contribution in [0.3, 0.4) is 0 Å². The number of hydrogen-bond donors (Lipinski definition) is 2. The summed E-state index contributed by atoms with van der Waals surface area (Å²) in [5, 5.41) is 6.76. The molecule has 1 aliphatic heterocycles. The number of anilines is 1. The predicted octanol–water partition coefficient (Wildman–Crippen LogP) is 2.17. The van der Waals surface area contributed by atoms with E-state index in [1.165, 1.54) is 12.1 Å². The summed E-state index contributed by atoms with van der Waals surface area (Å²) in [7, 11) is 0. The van der Waals surface area contributed by atoms with E-state index < -0.39 is 0 Å². The van der Waals surface area contributed by atoms with Gasteiger partial charge in [0.2, 0.25) is 0 Å². The second-order valence-electron chi connectivity index (χ2n) is 6.05. The van der Waals surface area contributed by atoms with E-state index in [-0.39, 0.29) is 11.2 Å². The number of nitrogens with zero attached hydrogens (tertiary/aromatic N) is 1. The van der Waals surface area contributed by atoms with Crippen LogP contribution < -0.4 is 10.6 Å². The van der Waals surface area contributed by atoms with Crippen LogP contribution in [-0.4, -0.2) is 44.2 Å². The van der Waals surface area contributed by atoms with Gasteiger partial charge in [0.1, 0.15) is 5.82 Å². The molecule has 4 heteroatoms.